The predicted octanol–water partition coefficient (Wildman–Crippen LogP) is 0.938. The lowest BCUT2D eigenvalue weighted by atomic mass is 10.0. The molecule has 12 heavy (non-hydrogen) atoms. The van der Waals surface area contributed by atoms with Crippen LogP contribution in [0.1, 0.15) is 26.7 Å². The number of ether oxygens (including phenoxy) is 1. The summed E-state index contributed by atoms with van der Waals surface area (Å²) in [6.45, 7) is 5.58. The first kappa shape index (κ1) is 9.52. The molecule has 1 rings (SSSR count). The standard InChI is InChI=1S/C9H17NO2/c1-3-7(4-2)9(11)10-5-8-6-12-8/h7-8H,3-6H2,1-2H3,(H,10,11)/t8-/m0/s1. The first-order chi connectivity index (χ1) is 5.77. The van der Waals surface area contributed by atoms with Gasteiger partial charge in [0.15, 0.2) is 0 Å². The minimum absolute atomic E-state index is 0.176. The third kappa shape index (κ3) is 2.81. The Morgan fingerprint density at radius 3 is 2.58 bits per heavy atom. The van der Waals surface area contributed by atoms with Crippen LogP contribution in [-0.2, 0) is 9.53 Å². The van der Waals surface area contributed by atoms with Gasteiger partial charge < -0.3 is 10.1 Å². The number of carbonyl (C=O) groups is 1. The van der Waals surface area contributed by atoms with Crippen molar-refractivity contribution >= 4 is 5.91 Å². The molecule has 1 N–H and O–H groups in total. The fourth-order valence-electron chi connectivity index (χ4n) is 1.20. The van der Waals surface area contributed by atoms with E-state index in [0.29, 0.717) is 12.6 Å². The zero-order valence-corrected chi connectivity index (χ0v) is 7.80. The van der Waals surface area contributed by atoms with Gasteiger partial charge in [-0.2, -0.15) is 0 Å². The summed E-state index contributed by atoms with van der Waals surface area (Å²) >= 11 is 0. The van der Waals surface area contributed by atoms with Crippen LogP contribution in [-0.4, -0.2) is 25.2 Å². The molecular formula is C9H17NO2. The second-order valence-corrected chi connectivity index (χ2v) is 3.21. The van der Waals surface area contributed by atoms with Gasteiger partial charge in [-0.15, -0.1) is 0 Å². The first-order valence-corrected chi connectivity index (χ1v) is 4.67. The third-order valence-corrected chi connectivity index (χ3v) is 2.26. The van der Waals surface area contributed by atoms with Crippen molar-refractivity contribution in [2.45, 2.75) is 32.8 Å². The second kappa shape index (κ2) is 4.45. The van der Waals surface area contributed by atoms with Crippen molar-refractivity contribution in [1.82, 2.24) is 5.32 Å². The van der Waals surface area contributed by atoms with E-state index >= 15 is 0 Å². The Kier molecular flexibility index (Phi) is 3.53. The van der Waals surface area contributed by atoms with Crippen LogP contribution in [0.3, 0.4) is 0 Å². The molecule has 3 heteroatoms. The summed E-state index contributed by atoms with van der Waals surface area (Å²) in [5, 5.41) is 2.88. The Balaban J connectivity index is 2.15. The number of hydrogen-bond acceptors (Lipinski definition) is 2. The topological polar surface area (TPSA) is 41.6 Å². The Morgan fingerprint density at radius 1 is 1.58 bits per heavy atom. The van der Waals surface area contributed by atoms with Crippen LogP contribution >= 0.6 is 0 Å². The number of epoxide rings is 1. The van der Waals surface area contributed by atoms with Crippen LogP contribution in [0.4, 0.5) is 0 Å². The van der Waals surface area contributed by atoms with Gasteiger partial charge in [-0.3, -0.25) is 4.79 Å². The lowest BCUT2D eigenvalue weighted by Crippen LogP contribution is -2.32. The molecule has 0 aliphatic carbocycles. The van der Waals surface area contributed by atoms with Crippen molar-refractivity contribution in [2.24, 2.45) is 5.92 Å². The fraction of sp³-hybridized carbons (Fsp3) is 0.889. The highest BCUT2D eigenvalue weighted by atomic mass is 16.6. The van der Waals surface area contributed by atoms with Crippen molar-refractivity contribution < 1.29 is 9.53 Å². The van der Waals surface area contributed by atoms with Gasteiger partial charge in [0.1, 0.15) is 0 Å². The molecular weight excluding hydrogens is 154 g/mol. The van der Waals surface area contributed by atoms with Crippen LogP contribution in [0.15, 0.2) is 0 Å². The van der Waals surface area contributed by atoms with E-state index in [0.717, 1.165) is 19.4 Å². The normalized spacial score (nSPS) is 21.1. The van der Waals surface area contributed by atoms with Crippen molar-refractivity contribution in [3.05, 3.63) is 0 Å². The molecule has 1 heterocycles. The Bertz CT molecular complexity index is 151. The lowest BCUT2D eigenvalue weighted by Gasteiger charge is -2.11. The minimum Gasteiger partial charge on any atom is -0.371 e. The predicted molar refractivity (Wildman–Crippen MR) is 46.8 cm³/mol. The smallest absolute Gasteiger partial charge is 0.223 e. The summed E-state index contributed by atoms with van der Waals surface area (Å²) in [6.07, 6.45) is 2.14. The highest BCUT2D eigenvalue weighted by molar-refractivity contribution is 5.78. The van der Waals surface area contributed by atoms with Crippen LogP contribution in [0.2, 0.25) is 0 Å². The molecule has 70 valence electrons. The van der Waals surface area contributed by atoms with E-state index in [-0.39, 0.29) is 11.8 Å². The maximum atomic E-state index is 11.4. The molecule has 0 radical (unpaired) electrons. The number of amides is 1. The van der Waals surface area contributed by atoms with Crippen molar-refractivity contribution in [2.75, 3.05) is 13.2 Å². The quantitative estimate of drug-likeness (QED) is 0.625. The molecule has 0 aromatic rings. The van der Waals surface area contributed by atoms with Gasteiger partial charge in [-0.1, -0.05) is 13.8 Å². The van der Waals surface area contributed by atoms with Gasteiger partial charge in [-0.25, -0.2) is 0 Å². The van der Waals surface area contributed by atoms with E-state index in [1.807, 2.05) is 13.8 Å². The van der Waals surface area contributed by atoms with E-state index in [1.54, 1.807) is 0 Å². The zero-order valence-electron chi connectivity index (χ0n) is 7.80. The molecule has 3 nitrogen and oxygen atoms in total. The number of hydrogen-bond donors (Lipinski definition) is 1. The third-order valence-electron chi connectivity index (χ3n) is 2.26. The largest absolute Gasteiger partial charge is 0.371 e. The molecule has 0 bridgehead atoms. The van der Waals surface area contributed by atoms with E-state index in [9.17, 15) is 4.79 Å². The Hall–Kier alpha value is -0.570. The minimum atomic E-state index is 0.176. The summed E-state index contributed by atoms with van der Waals surface area (Å²) in [4.78, 5) is 11.4. The maximum absolute atomic E-state index is 11.4. The van der Waals surface area contributed by atoms with E-state index in [1.165, 1.54) is 0 Å². The Labute approximate surface area is 73.5 Å². The molecule has 1 atom stereocenters. The van der Waals surface area contributed by atoms with Gasteiger partial charge in [0.25, 0.3) is 0 Å². The second-order valence-electron chi connectivity index (χ2n) is 3.21. The molecule has 0 aromatic carbocycles. The summed E-state index contributed by atoms with van der Waals surface area (Å²) in [7, 11) is 0. The van der Waals surface area contributed by atoms with Crippen molar-refractivity contribution in [1.29, 1.82) is 0 Å². The molecule has 1 saturated heterocycles. The van der Waals surface area contributed by atoms with Crippen LogP contribution in [0.25, 0.3) is 0 Å². The summed E-state index contributed by atoms with van der Waals surface area (Å²) in [6, 6.07) is 0. The van der Waals surface area contributed by atoms with Gasteiger partial charge >= 0.3 is 0 Å². The first-order valence-electron chi connectivity index (χ1n) is 4.67. The highest BCUT2D eigenvalue weighted by Gasteiger charge is 2.24. The van der Waals surface area contributed by atoms with Crippen LogP contribution in [0, 0.1) is 5.92 Å². The van der Waals surface area contributed by atoms with Gasteiger partial charge in [0, 0.05) is 12.5 Å². The molecule has 1 amide bonds. The Morgan fingerprint density at radius 2 is 2.17 bits per heavy atom. The molecule has 0 saturated carbocycles. The van der Waals surface area contributed by atoms with E-state index < -0.39 is 0 Å². The van der Waals surface area contributed by atoms with Gasteiger partial charge in [0.05, 0.1) is 12.7 Å². The monoisotopic (exact) mass is 171 g/mol. The molecule has 1 aliphatic heterocycles. The van der Waals surface area contributed by atoms with Crippen LogP contribution < -0.4 is 5.32 Å². The number of rotatable bonds is 5. The molecule has 1 fully saturated rings. The van der Waals surface area contributed by atoms with Crippen molar-refractivity contribution in [3.8, 4) is 0 Å². The number of carbonyl (C=O) groups excluding carboxylic acids is 1. The van der Waals surface area contributed by atoms with Crippen molar-refractivity contribution in [3.63, 3.8) is 0 Å². The average Bonchev–Trinajstić information content (AvgIpc) is 2.86. The molecule has 0 aromatic heterocycles. The fourth-order valence-corrected chi connectivity index (χ4v) is 1.20. The summed E-state index contributed by atoms with van der Waals surface area (Å²) in [5.74, 6) is 0.360. The number of nitrogens with one attached hydrogen (secondary N) is 1. The lowest BCUT2D eigenvalue weighted by molar-refractivity contribution is -0.125. The highest BCUT2D eigenvalue weighted by Crippen LogP contribution is 2.09. The zero-order chi connectivity index (χ0) is 8.97. The molecule has 1 aliphatic rings. The summed E-state index contributed by atoms with van der Waals surface area (Å²) in [5.41, 5.74) is 0. The van der Waals surface area contributed by atoms with E-state index in [2.05, 4.69) is 5.32 Å². The maximum Gasteiger partial charge on any atom is 0.223 e. The van der Waals surface area contributed by atoms with Crippen LogP contribution in [0.5, 0.6) is 0 Å². The summed E-state index contributed by atoms with van der Waals surface area (Å²) < 4.78 is 4.99. The molecule has 0 spiro atoms. The van der Waals surface area contributed by atoms with E-state index in [4.69, 9.17) is 4.74 Å². The van der Waals surface area contributed by atoms with Gasteiger partial charge in [-0.05, 0) is 12.8 Å². The van der Waals surface area contributed by atoms with Gasteiger partial charge in [0.2, 0.25) is 5.91 Å². The molecule has 0 unspecified atom stereocenters. The SMILES string of the molecule is CCC(CC)C(=O)NC[C@H]1CO1. The average molecular weight is 171 g/mol.